The molecule has 9 heteroatoms. The van der Waals surface area contributed by atoms with Crippen molar-refractivity contribution in [2.24, 2.45) is 5.10 Å². The number of carbonyl (C=O) groups is 3. The maximum Gasteiger partial charge on any atom is 0.329 e. The number of amides is 3. The molecule has 2 aromatic carbocycles. The minimum Gasteiger partial charge on any atom is -0.484 e. The van der Waals surface area contributed by atoms with Crippen molar-refractivity contribution < 1.29 is 23.5 Å². The minimum atomic E-state index is -0.896. The van der Waals surface area contributed by atoms with E-state index in [0.717, 1.165) is 16.8 Å². The average Bonchev–Trinajstić information content (AvgIpc) is 3.30. The van der Waals surface area contributed by atoms with Gasteiger partial charge < -0.3 is 19.8 Å². The lowest BCUT2D eigenvalue weighted by Crippen LogP contribution is -2.37. The Morgan fingerprint density at radius 2 is 1.73 bits per heavy atom. The number of aryl methyl sites for hydroxylation is 2. The molecular weight excluding hydrogens is 424 g/mol. The molecule has 3 N–H and O–H groups in total. The monoisotopic (exact) mass is 448 g/mol. The van der Waals surface area contributed by atoms with Gasteiger partial charge in [-0.05, 0) is 79.1 Å². The Kier molecular flexibility index (Phi) is 7.96. The van der Waals surface area contributed by atoms with E-state index in [1.165, 1.54) is 12.5 Å². The zero-order valence-corrected chi connectivity index (χ0v) is 18.3. The lowest BCUT2D eigenvalue weighted by atomic mass is 10.1. The van der Waals surface area contributed by atoms with Gasteiger partial charge in [0.25, 0.3) is 5.91 Å². The summed E-state index contributed by atoms with van der Waals surface area (Å²) in [5.74, 6) is -0.952. The van der Waals surface area contributed by atoms with Crippen LogP contribution in [0.5, 0.6) is 5.75 Å². The number of carbonyl (C=O) groups excluding carboxylic acids is 3. The van der Waals surface area contributed by atoms with Gasteiger partial charge in [0, 0.05) is 5.69 Å². The fourth-order valence-electron chi connectivity index (χ4n) is 2.92. The molecule has 0 bridgehead atoms. The second-order valence-electron chi connectivity index (χ2n) is 7.24. The molecule has 0 saturated heterocycles. The molecule has 0 aliphatic heterocycles. The first-order chi connectivity index (χ1) is 15.9. The smallest absolute Gasteiger partial charge is 0.329 e. The second-order valence-corrected chi connectivity index (χ2v) is 7.24. The molecule has 0 fully saturated rings. The van der Waals surface area contributed by atoms with Crippen LogP contribution in [-0.4, -0.2) is 30.5 Å². The Balaban J connectivity index is 1.40. The van der Waals surface area contributed by atoms with Crippen molar-refractivity contribution in [3.63, 3.8) is 0 Å². The van der Waals surface area contributed by atoms with E-state index < -0.39 is 11.8 Å². The molecule has 3 aromatic rings. The summed E-state index contributed by atoms with van der Waals surface area (Å²) in [6.45, 7) is 3.90. The number of hydrazone groups is 1. The van der Waals surface area contributed by atoms with E-state index in [1.807, 2.05) is 32.0 Å². The first kappa shape index (κ1) is 23.3. The molecule has 0 unspecified atom stereocenters. The topological polar surface area (TPSA) is 122 Å². The number of nitrogens with zero attached hydrogens (tertiary/aromatic N) is 1. The SMILES string of the molecule is Cc1cc(C)cc(NC(=O)COc2ccc(/C=N\NC(=O)C(=O)NCc3ccco3)cc2)c1. The van der Waals surface area contributed by atoms with Gasteiger partial charge in [-0.1, -0.05) is 6.07 Å². The first-order valence-corrected chi connectivity index (χ1v) is 10.1. The van der Waals surface area contributed by atoms with Crippen LogP contribution in [0.25, 0.3) is 0 Å². The summed E-state index contributed by atoms with van der Waals surface area (Å²) in [5.41, 5.74) is 5.67. The molecule has 3 rings (SSSR count). The van der Waals surface area contributed by atoms with Gasteiger partial charge in [0.05, 0.1) is 19.0 Å². The Morgan fingerprint density at radius 3 is 2.39 bits per heavy atom. The fraction of sp³-hybridized carbons (Fsp3) is 0.167. The highest BCUT2D eigenvalue weighted by Crippen LogP contribution is 2.14. The number of hydrogen-bond acceptors (Lipinski definition) is 6. The quantitative estimate of drug-likeness (QED) is 0.278. The lowest BCUT2D eigenvalue weighted by molar-refractivity contribution is -0.139. The molecule has 9 nitrogen and oxygen atoms in total. The summed E-state index contributed by atoms with van der Waals surface area (Å²) in [7, 11) is 0. The Labute approximate surface area is 190 Å². The third kappa shape index (κ3) is 7.66. The average molecular weight is 448 g/mol. The third-order valence-electron chi connectivity index (χ3n) is 4.34. The van der Waals surface area contributed by atoms with Gasteiger partial charge >= 0.3 is 11.8 Å². The normalized spacial score (nSPS) is 10.6. The number of hydrogen-bond donors (Lipinski definition) is 3. The third-order valence-corrected chi connectivity index (χ3v) is 4.34. The first-order valence-electron chi connectivity index (χ1n) is 10.1. The predicted octanol–water partition coefficient (Wildman–Crippen LogP) is 2.68. The van der Waals surface area contributed by atoms with Crippen LogP contribution < -0.4 is 20.8 Å². The molecular formula is C24H24N4O5. The standard InChI is InChI=1S/C24H24N4O5/c1-16-10-17(2)12-19(11-16)27-22(29)15-33-20-7-5-18(6-8-20)13-26-28-24(31)23(30)25-14-21-4-3-9-32-21/h3-13H,14-15H2,1-2H3,(H,25,30)(H,27,29)(H,28,31)/b26-13-. The van der Waals surface area contributed by atoms with Crippen molar-refractivity contribution in [1.29, 1.82) is 0 Å². The van der Waals surface area contributed by atoms with E-state index in [0.29, 0.717) is 17.1 Å². The summed E-state index contributed by atoms with van der Waals surface area (Å²) in [4.78, 5) is 35.6. The van der Waals surface area contributed by atoms with Crippen molar-refractivity contribution in [1.82, 2.24) is 10.7 Å². The van der Waals surface area contributed by atoms with E-state index in [2.05, 4.69) is 21.2 Å². The van der Waals surface area contributed by atoms with Crippen LogP contribution in [-0.2, 0) is 20.9 Å². The molecule has 0 aliphatic carbocycles. The molecule has 0 spiro atoms. The summed E-state index contributed by atoms with van der Waals surface area (Å²) in [5, 5.41) is 8.98. The molecule has 33 heavy (non-hydrogen) atoms. The van der Waals surface area contributed by atoms with Gasteiger partial charge in [-0.2, -0.15) is 5.10 Å². The molecule has 0 aliphatic rings. The molecule has 1 heterocycles. The van der Waals surface area contributed by atoms with Gasteiger partial charge in [0.1, 0.15) is 11.5 Å². The highest BCUT2D eigenvalue weighted by molar-refractivity contribution is 6.35. The molecule has 0 saturated carbocycles. The van der Waals surface area contributed by atoms with Crippen LogP contribution >= 0.6 is 0 Å². The van der Waals surface area contributed by atoms with Crippen molar-refractivity contribution >= 4 is 29.6 Å². The van der Waals surface area contributed by atoms with Gasteiger partial charge in [0.15, 0.2) is 6.61 Å². The van der Waals surface area contributed by atoms with E-state index in [9.17, 15) is 14.4 Å². The fourth-order valence-corrected chi connectivity index (χ4v) is 2.92. The minimum absolute atomic E-state index is 0.104. The Hall–Kier alpha value is -4.40. The van der Waals surface area contributed by atoms with Crippen LogP contribution in [0.3, 0.4) is 0 Å². The number of benzene rings is 2. The molecule has 0 radical (unpaired) electrons. The zero-order chi connectivity index (χ0) is 23.6. The number of anilines is 1. The summed E-state index contributed by atoms with van der Waals surface area (Å²) >= 11 is 0. The number of ether oxygens (including phenoxy) is 1. The zero-order valence-electron chi connectivity index (χ0n) is 18.3. The van der Waals surface area contributed by atoms with Crippen LogP contribution in [0.1, 0.15) is 22.5 Å². The number of furan rings is 1. The largest absolute Gasteiger partial charge is 0.484 e. The van der Waals surface area contributed by atoms with E-state index in [4.69, 9.17) is 9.15 Å². The van der Waals surface area contributed by atoms with Crippen molar-refractivity contribution in [2.75, 3.05) is 11.9 Å². The van der Waals surface area contributed by atoms with Crippen LogP contribution in [0.15, 0.2) is 70.4 Å². The highest BCUT2D eigenvalue weighted by atomic mass is 16.5. The second kappa shape index (κ2) is 11.3. The van der Waals surface area contributed by atoms with E-state index >= 15 is 0 Å². The number of rotatable bonds is 8. The van der Waals surface area contributed by atoms with Gasteiger partial charge in [-0.3, -0.25) is 14.4 Å². The van der Waals surface area contributed by atoms with Crippen LogP contribution in [0, 0.1) is 13.8 Å². The van der Waals surface area contributed by atoms with Gasteiger partial charge in [0.2, 0.25) is 0 Å². The maximum atomic E-state index is 12.1. The van der Waals surface area contributed by atoms with Crippen molar-refractivity contribution in [3.8, 4) is 5.75 Å². The van der Waals surface area contributed by atoms with Gasteiger partial charge in [-0.15, -0.1) is 0 Å². The molecule has 0 atom stereocenters. The van der Waals surface area contributed by atoms with E-state index in [-0.39, 0.29) is 19.1 Å². The molecule has 170 valence electrons. The Morgan fingerprint density at radius 1 is 1.00 bits per heavy atom. The van der Waals surface area contributed by atoms with Crippen LogP contribution in [0.2, 0.25) is 0 Å². The summed E-state index contributed by atoms with van der Waals surface area (Å²) in [6, 6.07) is 15.9. The Bertz CT molecular complexity index is 1120. The predicted molar refractivity (Wildman–Crippen MR) is 123 cm³/mol. The van der Waals surface area contributed by atoms with Crippen molar-refractivity contribution in [2.45, 2.75) is 20.4 Å². The van der Waals surface area contributed by atoms with Gasteiger partial charge in [-0.25, -0.2) is 5.43 Å². The summed E-state index contributed by atoms with van der Waals surface area (Å²) in [6.07, 6.45) is 2.86. The van der Waals surface area contributed by atoms with Crippen LogP contribution in [0.4, 0.5) is 5.69 Å². The molecule has 3 amide bonds. The summed E-state index contributed by atoms with van der Waals surface area (Å²) < 4.78 is 10.6. The molecule has 1 aromatic heterocycles. The number of nitrogens with one attached hydrogen (secondary N) is 3. The lowest BCUT2D eigenvalue weighted by Gasteiger charge is -2.09. The van der Waals surface area contributed by atoms with Crippen molar-refractivity contribution in [3.05, 3.63) is 83.3 Å². The maximum absolute atomic E-state index is 12.1. The van der Waals surface area contributed by atoms with E-state index in [1.54, 1.807) is 36.4 Å². The highest BCUT2D eigenvalue weighted by Gasteiger charge is 2.12.